The quantitative estimate of drug-likeness (QED) is 0.760. The Kier molecular flexibility index (Phi) is 5.58. The second kappa shape index (κ2) is 6.54. The van der Waals surface area contributed by atoms with Crippen molar-refractivity contribution >= 4 is 21.7 Å². The predicted molar refractivity (Wildman–Crippen MR) is 72.3 cm³/mol. The molecule has 108 valence electrons. The number of aromatic nitrogens is 2. The van der Waals surface area contributed by atoms with Gasteiger partial charge in [-0.3, -0.25) is 0 Å². The molecule has 0 saturated heterocycles. The van der Waals surface area contributed by atoms with Crippen LogP contribution in [-0.2, 0) is 6.42 Å². The lowest BCUT2D eigenvalue weighted by molar-refractivity contribution is -0.120. The molecular weight excluding hydrogens is 323 g/mol. The molecule has 0 atom stereocenters. The maximum absolute atomic E-state index is 12.6. The summed E-state index contributed by atoms with van der Waals surface area (Å²) in [7, 11) is 0. The van der Waals surface area contributed by atoms with Crippen molar-refractivity contribution in [3.63, 3.8) is 0 Å². The summed E-state index contributed by atoms with van der Waals surface area (Å²) in [5.41, 5.74) is 0. The van der Waals surface area contributed by atoms with E-state index in [2.05, 4.69) is 25.9 Å². The number of anilines is 1. The fourth-order valence-electron chi connectivity index (χ4n) is 1.66. The van der Waals surface area contributed by atoms with Crippen molar-refractivity contribution in [3.8, 4) is 0 Å². The zero-order valence-electron chi connectivity index (χ0n) is 11.1. The van der Waals surface area contributed by atoms with E-state index in [1.165, 1.54) is 11.0 Å². The summed E-state index contributed by atoms with van der Waals surface area (Å²) < 4.78 is 38.3. The van der Waals surface area contributed by atoms with E-state index in [9.17, 15) is 13.2 Å². The summed E-state index contributed by atoms with van der Waals surface area (Å²) in [4.78, 5) is 9.60. The van der Waals surface area contributed by atoms with Crippen LogP contribution in [0.3, 0.4) is 0 Å². The van der Waals surface area contributed by atoms with Gasteiger partial charge in [0.1, 0.15) is 22.8 Å². The summed E-state index contributed by atoms with van der Waals surface area (Å²) in [6.45, 7) is 4.38. The van der Waals surface area contributed by atoms with Crippen LogP contribution in [0.1, 0.15) is 33.0 Å². The average Bonchev–Trinajstić information content (AvgIpc) is 2.24. The SMILES string of the molecule is CCCc1nc(Br)cc(N(CC(F)(F)F)C(C)C)n1. The molecular formula is C12H17BrF3N3. The topological polar surface area (TPSA) is 29.0 Å². The van der Waals surface area contributed by atoms with Gasteiger partial charge < -0.3 is 4.90 Å². The highest BCUT2D eigenvalue weighted by molar-refractivity contribution is 9.10. The van der Waals surface area contributed by atoms with E-state index in [1.54, 1.807) is 13.8 Å². The van der Waals surface area contributed by atoms with Gasteiger partial charge >= 0.3 is 6.18 Å². The zero-order valence-corrected chi connectivity index (χ0v) is 12.7. The van der Waals surface area contributed by atoms with Gasteiger partial charge in [0.25, 0.3) is 0 Å². The van der Waals surface area contributed by atoms with Crippen molar-refractivity contribution in [2.24, 2.45) is 0 Å². The number of hydrogen-bond acceptors (Lipinski definition) is 3. The van der Waals surface area contributed by atoms with Gasteiger partial charge in [-0.1, -0.05) is 6.92 Å². The fourth-order valence-corrected chi connectivity index (χ4v) is 2.06. The molecule has 0 spiro atoms. The van der Waals surface area contributed by atoms with Gasteiger partial charge in [0.05, 0.1) is 0 Å². The number of nitrogens with zero attached hydrogens (tertiary/aromatic N) is 3. The number of rotatable bonds is 5. The molecule has 0 bridgehead atoms. The van der Waals surface area contributed by atoms with Crippen LogP contribution >= 0.6 is 15.9 Å². The highest BCUT2D eigenvalue weighted by Crippen LogP contribution is 2.24. The Morgan fingerprint density at radius 3 is 2.42 bits per heavy atom. The van der Waals surface area contributed by atoms with Gasteiger partial charge in [-0.15, -0.1) is 0 Å². The van der Waals surface area contributed by atoms with Gasteiger partial charge in [-0.05, 0) is 36.2 Å². The van der Waals surface area contributed by atoms with Crippen molar-refractivity contribution in [3.05, 3.63) is 16.5 Å². The highest BCUT2D eigenvalue weighted by atomic mass is 79.9. The Morgan fingerprint density at radius 1 is 1.32 bits per heavy atom. The Labute approximate surface area is 119 Å². The number of hydrogen-bond donors (Lipinski definition) is 0. The molecule has 3 nitrogen and oxygen atoms in total. The first kappa shape index (κ1) is 16.2. The Bertz CT molecular complexity index is 421. The van der Waals surface area contributed by atoms with E-state index in [1.807, 2.05) is 6.92 Å². The Balaban J connectivity index is 3.08. The lowest BCUT2D eigenvalue weighted by Gasteiger charge is -2.29. The standard InChI is InChI=1S/C12H17BrF3N3/c1-4-5-10-17-9(13)6-11(18-10)19(8(2)3)7-12(14,15)16/h6,8H,4-5,7H2,1-3H3. The highest BCUT2D eigenvalue weighted by Gasteiger charge is 2.32. The van der Waals surface area contributed by atoms with Crippen LogP contribution < -0.4 is 4.90 Å². The monoisotopic (exact) mass is 339 g/mol. The summed E-state index contributed by atoms with van der Waals surface area (Å²) in [6, 6.07) is 1.23. The molecule has 0 N–H and O–H groups in total. The van der Waals surface area contributed by atoms with E-state index >= 15 is 0 Å². The first-order valence-corrected chi connectivity index (χ1v) is 6.89. The molecule has 0 saturated carbocycles. The van der Waals surface area contributed by atoms with E-state index in [0.29, 0.717) is 22.7 Å². The third-order valence-electron chi connectivity index (χ3n) is 2.47. The van der Waals surface area contributed by atoms with E-state index in [-0.39, 0.29) is 6.04 Å². The normalized spacial score (nSPS) is 12.0. The lowest BCUT2D eigenvalue weighted by Crippen LogP contribution is -2.39. The molecule has 0 aromatic carbocycles. The number of aryl methyl sites for hydroxylation is 1. The van der Waals surface area contributed by atoms with Crippen LogP contribution in [0.4, 0.5) is 19.0 Å². The van der Waals surface area contributed by atoms with Crippen LogP contribution in [-0.4, -0.2) is 28.7 Å². The minimum Gasteiger partial charge on any atom is -0.345 e. The van der Waals surface area contributed by atoms with Gasteiger partial charge in [-0.2, -0.15) is 13.2 Å². The minimum absolute atomic E-state index is 0.294. The molecule has 7 heteroatoms. The van der Waals surface area contributed by atoms with Crippen LogP contribution in [0.15, 0.2) is 10.7 Å². The first-order valence-electron chi connectivity index (χ1n) is 6.09. The van der Waals surface area contributed by atoms with Gasteiger partial charge in [-0.25, -0.2) is 9.97 Å². The summed E-state index contributed by atoms with van der Waals surface area (Å²) in [5, 5.41) is 0. The predicted octanol–water partition coefficient (Wildman–Crippen LogP) is 3.97. The molecule has 0 unspecified atom stereocenters. The maximum Gasteiger partial charge on any atom is 0.405 e. The third kappa shape index (κ3) is 5.34. The van der Waals surface area contributed by atoms with Crippen LogP contribution in [0.25, 0.3) is 0 Å². The molecule has 0 amide bonds. The minimum atomic E-state index is -4.26. The van der Waals surface area contributed by atoms with E-state index in [0.717, 1.165) is 6.42 Å². The van der Waals surface area contributed by atoms with Gasteiger partial charge in [0.15, 0.2) is 0 Å². The summed E-state index contributed by atoms with van der Waals surface area (Å²) in [5.74, 6) is 0.859. The molecule has 1 rings (SSSR count). The Morgan fingerprint density at radius 2 is 1.95 bits per heavy atom. The van der Waals surface area contributed by atoms with Crippen molar-refractivity contribution in [1.82, 2.24) is 9.97 Å². The molecule has 0 aliphatic carbocycles. The van der Waals surface area contributed by atoms with Crippen molar-refractivity contribution in [2.45, 2.75) is 45.8 Å². The molecule has 1 aromatic heterocycles. The number of alkyl halides is 3. The third-order valence-corrected chi connectivity index (χ3v) is 2.87. The molecule has 0 aliphatic rings. The number of halogens is 4. The van der Waals surface area contributed by atoms with E-state index in [4.69, 9.17) is 0 Å². The van der Waals surface area contributed by atoms with Crippen LogP contribution in [0, 0.1) is 0 Å². The summed E-state index contributed by atoms with van der Waals surface area (Å²) >= 11 is 3.22. The second-order valence-electron chi connectivity index (χ2n) is 4.55. The lowest BCUT2D eigenvalue weighted by atomic mass is 10.3. The van der Waals surface area contributed by atoms with Crippen molar-refractivity contribution in [2.75, 3.05) is 11.4 Å². The average molecular weight is 340 g/mol. The van der Waals surface area contributed by atoms with Crippen molar-refractivity contribution < 1.29 is 13.2 Å². The molecule has 1 heterocycles. The fraction of sp³-hybridized carbons (Fsp3) is 0.667. The molecule has 1 aromatic rings. The van der Waals surface area contributed by atoms with Crippen molar-refractivity contribution in [1.29, 1.82) is 0 Å². The molecule has 0 fully saturated rings. The molecule has 19 heavy (non-hydrogen) atoms. The van der Waals surface area contributed by atoms with Crippen LogP contribution in [0.2, 0.25) is 0 Å². The summed E-state index contributed by atoms with van der Waals surface area (Å²) in [6.07, 6.45) is -2.77. The largest absolute Gasteiger partial charge is 0.405 e. The zero-order chi connectivity index (χ0) is 14.6. The Hall–Kier alpha value is -0.850. The maximum atomic E-state index is 12.6. The smallest absolute Gasteiger partial charge is 0.345 e. The van der Waals surface area contributed by atoms with Gasteiger partial charge in [0.2, 0.25) is 0 Å². The van der Waals surface area contributed by atoms with E-state index < -0.39 is 12.7 Å². The molecule has 0 aliphatic heterocycles. The van der Waals surface area contributed by atoms with Crippen LogP contribution in [0.5, 0.6) is 0 Å². The van der Waals surface area contributed by atoms with Gasteiger partial charge in [0, 0.05) is 18.5 Å². The second-order valence-corrected chi connectivity index (χ2v) is 5.36. The first-order chi connectivity index (χ1) is 8.73. The molecule has 0 radical (unpaired) electrons.